The molecule has 110 valence electrons. The normalized spacial score (nSPS) is 18.5. The van der Waals surface area contributed by atoms with Crippen LogP contribution in [0.15, 0.2) is 24.7 Å². The largest absolute Gasteiger partial charge is 0.481 e. The van der Waals surface area contributed by atoms with E-state index in [1.807, 2.05) is 4.90 Å². The molecular formula is C14H17N5O2. The number of H-pyrrole nitrogens is 1. The van der Waals surface area contributed by atoms with Crippen LogP contribution in [-0.4, -0.2) is 51.2 Å². The molecule has 1 fully saturated rings. The number of aromatic amines is 1. The average molecular weight is 287 g/mol. The summed E-state index contributed by atoms with van der Waals surface area (Å²) < 4.78 is 5.07. The molecule has 1 amide bonds. The van der Waals surface area contributed by atoms with Gasteiger partial charge in [-0.15, -0.1) is 0 Å². The molecule has 0 aromatic carbocycles. The number of piperidine rings is 1. The first-order chi connectivity index (χ1) is 10.3. The standard InChI is InChI=1S/C14H17N5O2/c1-21-12-7-10(4-5-15-12)14(20)19-6-2-3-11(8-19)13-16-9-17-18-13/h4-5,7,9,11H,2-3,6,8H2,1H3,(H,16,17,18)/t11-/m0/s1. The van der Waals surface area contributed by atoms with Crippen LogP contribution in [0.4, 0.5) is 0 Å². The number of aromatic nitrogens is 4. The number of rotatable bonds is 3. The molecule has 0 radical (unpaired) electrons. The lowest BCUT2D eigenvalue weighted by Gasteiger charge is -2.31. The molecule has 1 aliphatic heterocycles. The third-order valence-electron chi connectivity index (χ3n) is 3.72. The summed E-state index contributed by atoms with van der Waals surface area (Å²) in [6, 6.07) is 3.38. The van der Waals surface area contributed by atoms with E-state index in [0.717, 1.165) is 25.2 Å². The molecule has 2 aromatic rings. The Balaban J connectivity index is 1.74. The Morgan fingerprint density at radius 1 is 1.48 bits per heavy atom. The molecule has 0 saturated carbocycles. The van der Waals surface area contributed by atoms with Crippen molar-refractivity contribution in [3.05, 3.63) is 36.0 Å². The Morgan fingerprint density at radius 2 is 2.38 bits per heavy atom. The highest BCUT2D eigenvalue weighted by Gasteiger charge is 2.27. The molecule has 1 saturated heterocycles. The van der Waals surface area contributed by atoms with Crippen LogP contribution in [0.5, 0.6) is 5.88 Å². The Kier molecular flexibility index (Phi) is 3.81. The molecule has 3 rings (SSSR count). The lowest BCUT2D eigenvalue weighted by atomic mass is 9.97. The predicted molar refractivity (Wildman–Crippen MR) is 75.1 cm³/mol. The van der Waals surface area contributed by atoms with E-state index in [0.29, 0.717) is 18.0 Å². The van der Waals surface area contributed by atoms with Crippen molar-refractivity contribution in [2.75, 3.05) is 20.2 Å². The second kappa shape index (κ2) is 5.90. The molecule has 1 aliphatic rings. The topological polar surface area (TPSA) is 84.0 Å². The van der Waals surface area contributed by atoms with E-state index in [-0.39, 0.29) is 11.8 Å². The average Bonchev–Trinajstić information content (AvgIpc) is 3.09. The lowest BCUT2D eigenvalue weighted by Crippen LogP contribution is -2.39. The van der Waals surface area contributed by atoms with E-state index in [1.165, 1.54) is 13.4 Å². The minimum absolute atomic E-state index is 0.0000784. The van der Waals surface area contributed by atoms with Gasteiger partial charge in [0.1, 0.15) is 12.2 Å². The van der Waals surface area contributed by atoms with E-state index in [9.17, 15) is 4.79 Å². The Hall–Kier alpha value is -2.44. The maximum atomic E-state index is 12.6. The molecule has 0 bridgehead atoms. The third kappa shape index (κ3) is 2.86. The van der Waals surface area contributed by atoms with Crippen molar-refractivity contribution in [1.82, 2.24) is 25.1 Å². The van der Waals surface area contributed by atoms with Gasteiger partial charge in [-0.2, -0.15) is 5.10 Å². The lowest BCUT2D eigenvalue weighted by molar-refractivity contribution is 0.0704. The van der Waals surface area contributed by atoms with Crippen LogP contribution in [0.25, 0.3) is 0 Å². The smallest absolute Gasteiger partial charge is 0.254 e. The van der Waals surface area contributed by atoms with Crippen molar-refractivity contribution >= 4 is 5.91 Å². The summed E-state index contributed by atoms with van der Waals surface area (Å²) >= 11 is 0. The first kappa shape index (κ1) is 13.5. The van der Waals surface area contributed by atoms with E-state index in [4.69, 9.17) is 4.74 Å². The van der Waals surface area contributed by atoms with Gasteiger partial charge in [-0.3, -0.25) is 9.89 Å². The minimum Gasteiger partial charge on any atom is -0.481 e. The molecule has 2 aromatic heterocycles. The van der Waals surface area contributed by atoms with E-state index < -0.39 is 0 Å². The van der Waals surface area contributed by atoms with Gasteiger partial charge in [0.25, 0.3) is 5.91 Å². The fourth-order valence-corrected chi connectivity index (χ4v) is 2.63. The van der Waals surface area contributed by atoms with Gasteiger partial charge < -0.3 is 9.64 Å². The van der Waals surface area contributed by atoms with Crippen molar-refractivity contribution in [3.8, 4) is 5.88 Å². The zero-order valence-corrected chi connectivity index (χ0v) is 11.8. The van der Waals surface area contributed by atoms with Gasteiger partial charge in [-0.25, -0.2) is 9.97 Å². The van der Waals surface area contributed by atoms with Crippen LogP contribution in [-0.2, 0) is 0 Å². The number of likely N-dealkylation sites (tertiary alicyclic amines) is 1. The van der Waals surface area contributed by atoms with Gasteiger partial charge in [-0.05, 0) is 18.9 Å². The third-order valence-corrected chi connectivity index (χ3v) is 3.72. The van der Waals surface area contributed by atoms with Crippen molar-refractivity contribution in [3.63, 3.8) is 0 Å². The second-order valence-corrected chi connectivity index (χ2v) is 5.05. The van der Waals surface area contributed by atoms with Crippen LogP contribution < -0.4 is 4.74 Å². The van der Waals surface area contributed by atoms with Crippen LogP contribution >= 0.6 is 0 Å². The number of hydrogen-bond acceptors (Lipinski definition) is 5. The highest BCUT2D eigenvalue weighted by Crippen LogP contribution is 2.25. The monoisotopic (exact) mass is 287 g/mol. The summed E-state index contributed by atoms with van der Waals surface area (Å²) in [5.74, 6) is 1.51. The molecule has 0 unspecified atom stereocenters. The van der Waals surface area contributed by atoms with Crippen LogP contribution in [0, 0.1) is 0 Å². The predicted octanol–water partition coefficient (Wildman–Crippen LogP) is 1.23. The number of ether oxygens (including phenoxy) is 1. The van der Waals surface area contributed by atoms with E-state index >= 15 is 0 Å². The molecule has 3 heterocycles. The van der Waals surface area contributed by atoms with Crippen molar-refractivity contribution in [2.24, 2.45) is 0 Å². The number of nitrogens with zero attached hydrogens (tertiary/aromatic N) is 4. The molecule has 7 heteroatoms. The zero-order chi connectivity index (χ0) is 14.7. The van der Waals surface area contributed by atoms with Crippen LogP contribution in [0.3, 0.4) is 0 Å². The Morgan fingerprint density at radius 3 is 3.14 bits per heavy atom. The quantitative estimate of drug-likeness (QED) is 0.917. The fourth-order valence-electron chi connectivity index (χ4n) is 2.63. The van der Waals surface area contributed by atoms with Gasteiger partial charge >= 0.3 is 0 Å². The van der Waals surface area contributed by atoms with E-state index in [1.54, 1.807) is 18.3 Å². The van der Waals surface area contributed by atoms with Crippen LogP contribution in [0.1, 0.15) is 34.9 Å². The summed E-state index contributed by atoms with van der Waals surface area (Å²) in [6.07, 6.45) is 5.06. The van der Waals surface area contributed by atoms with Crippen molar-refractivity contribution in [2.45, 2.75) is 18.8 Å². The first-order valence-electron chi connectivity index (χ1n) is 6.92. The first-order valence-corrected chi connectivity index (χ1v) is 6.92. The van der Waals surface area contributed by atoms with Gasteiger partial charge in [-0.1, -0.05) is 0 Å². The number of pyridine rings is 1. The number of amides is 1. The molecular weight excluding hydrogens is 270 g/mol. The number of carbonyl (C=O) groups excluding carboxylic acids is 1. The van der Waals surface area contributed by atoms with Gasteiger partial charge in [0, 0.05) is 36.8 Å². The molecule has 1 atom stereocenters. The number of methoxy groups -OCH3 is 1. The zero-order valence-electron chi connectivity index (χ0n) is 11.8. The molecule has 21 heavy (non-hydrogen) atoms. The van der Waals surface area contributed by atoms with Gasteiger partial charge in [0.15, 0.2) is 0 Å². The molecule has 1 N–H and O–H groups in total. The van der Waals surface area contributed by atoms with Gasteiger partial charge in [0.2, 0.25) is 5.88 Å². The maximum Gasteiger partial charge on any atom is 0.254 e. The van der Waals surface area contributed by atoms with E-state index in [2.05, 4.69) is 20.2 Å². The summed E-state index contributed by atoms with van der Waals surface area (Å²) in [4.78, 5) is 22.7. The fraction of sp³-hybridized carbons (Fsp3) is 0.429. The summed E-state index contributed by atoms with van der Waals surface area (Å²) in [6.45, 7) is 1.41. The number of hydrogen-bond donors (Lipinski definition) is 1. The summed E-state index contributed by atoms with van der Waals surface area (Å²) in [5.41, 5.74) is 0.597. The molecule has 7 nitrogen and oxygen atoms in total. The highest BCUT2D eigenvalue weighted by atomic mass is 16.5. The molecule has 0 aliphatic carbocycles. The summed E-state index contributed by atoms with van der Waals surface area (Å²) in [7, 11) is 1.54. The van der Waals surface area contributed by atoms with Crippen molar-refractivity contribution in [1.29, 1.82) is 0 Å². The highest BCUT2D eigenvalue weighted by molar-refractivity contribution is 5.94. The maximum absolute atomic E-state index is 12.6. The van der Waals surface area contributed by atoms with Crippen LogP contribution in [0.2, 0.25) is 0 Å². The Bertz CT molecular complexity index is 614. The number of nitrogens with one attached hydrogen (secondary N) is 1. The van der Waals surface area contributed by atoms with Crippen molar-refractivity contribution < 1.29 is 9.53 Å². The SMILES string of the molecule is COc1cc(C(=O)N2CCC[C@H](c3ncn[nH]3)C2)ccn1. The van der Waals surface area contributed by atoms with Gasteiger partial charge in [0.05, 0.1) is 7.11 Å². The summed E-state index contributed by atoms with van der Waals surface area (Å²) in [5, 5.41) is 6.78. The molecule has 0 spiro atoms. The second-order valence-electron chi connectivity index (χ2n) is 5.05. The minimum atomic E-state index is -0.0000784. The number of carbonyl (C=O) groups is 1. The Labute approximate surface area is 122 Å².